The minimum atomic E-state index is -0.480. The molecular formula is C16H18N2O3S. The molecule has 0 spiro atoms. The molecule has 116 valence electrons. The van der Waals surface area contributed by atoms with Crippen molar-refractivity contribution in [2.75, 3.05) is 5.32 Å². The number of hydrogen-bond acceptors (Lipinski definition) is 4. The van der Waals surface area contributed by atoms with Gasteiger partial charge < -0.3 is 15.5 Å². The Morgan fingerprint density at radius 1 is 1.45 bits per heavy atom. The van der Waals surface area contributed by atoms with Gasteiger partial charge in [-0.25, -0.2) is 0 Å². The normalized spacial score (nSPS) is 17.1. The van der Waals surface area contributed by atoms with E-state index in [1.165, 1.54) is 17.6 Å². The minimum Gasteiger partial charge on any atom is -0.469 e. The van der Waals surface area contributed by atoms with Crippen molar-refractivity contribution in [2.24, 2.45) is 11.7 Å². The van der Waals surface area contributed by atoms with Crippen molar-refractivity contribution in [3.05, 3.63) is 39.7 Å². The summed E-state index contributed by atoms with van der Waals surface area (Å²) >= 11 is 1.46. The quantitative estimate of drug-likeness (QED) is 0.911. The van der Waals surface area contributed by atoms with E-state index in [0.29, 0.717) is 27.8 Å². The molecule has 1 unspecified atom stereocenters. The number of fused-ring (bicyclic) bond motifs is 1. The molecule has 5 nitrogen and oxygen atoms in total. The molecule has 0 fully saturated rings. The number of anilines is 1. The number of nitrogens with two attached hydrogens (primary N) is 1. The first-order valence-electron chi connectivity index (χ1n) is 7.27. The van der Waals surface area contributed by atoms with Gasteiger partial charge in [0.25, 0.3) is 11.8 Å². The molecule has 0 saturated heterocycles. The Kier molecular flexibility index (Phi) is 3.78. The largest absolute Gasteiger partial charge is 0.469 e. The van der Waals surface area contributed by atoms with Crippen molar-refractivity contribution >= 4 is 28.2 Å². The highest BCUT2D eigenvalue weighted by molar-refractivity contribution is 7.17. The number of aryl methyl sites for hydroxylation is 1. The highest BCUT2D eigenvalue weighted by atomic mass is 32.1. The molecule has 22 heavy (non-hydrogen) atoms. The number of furan rings is 1. The van der Waals surface area contributed by atoms with Crippen LogP contribution in [0.1, 0.15) is 50.3 Å². The van der Waals surface area contributed by atoms with Crippen molar-refractivity contribution in [2.45, 2.75) is 33.1 Å². The third kappa shape index (κ3) is 2.54. The van der Waals surface area contributed by atoms with Crippen LogP contribution in [0.5, 0.6) is 0 Å². The van der Waals surface area contributed by atoms with Crippen LogP contribution < -0.4 is 11.1 Å². The van der Waals surface area contributed by atoms with Crippen LogP contribution in [0.4, 0.5) is 5.00 Å². The molecule has 0 saturated carbocycles. The number of rotatable bonds is 3. The highest BCUT2D eigenvalue weighted by Crippen LogP contribution is 2.39. The zero-order chi connectivity index (χ0) is 15.9. The lowest BCUT2D eigenvalue weighted by Gasteiger charge is -2.18. The summed E-state index contributed by atoms with van der Waals surface area (Å²) in [5, 5.41) is 3.38. The molecule has 6 heteroatoms. The van der Waals surface area contributed by atoms with Gasteiger partial charge in [-0.1, -0.05) is 6.92 Å². The maximum atomic E-state index is 12.3. The van der Waals surface area contributed by atoms with Crippen molar-refractivity contribution < 1.29 is 14.0 Å². The molecule has 0 aliphatic heterocycles. The van der Waals surface area contributed by atoms with Gasteiger partial charge in [-0.3, -0.25) is 9.59 Å². The predicted octanol–water partition coefficient (Wildman–Crippen LogP) is 3.13. The number of carbonyl (C=O) groups is 2. The summed E-state index contributed by atoms with van der Waals surface area (Å²) in [4.78, 5) is 25.3. The summed E-state index contributed by atoms with van der Waals surface area (Å²) in [7, 11) is 0. The molecule has 2 heterocycles. The third-order valence-corrected chi connectivity index (χ3v) is 5.26. The van der Waals surface area contributed by atoms with Gasteiger partial charge in [0.2, 0.25) is 0 Å². The van der Waals surface area contributed by atoms with E-state index in [4.69, 9.17) is 10.2 Å². The molecule has 3 N–H and O–H groups in total. The van der Waals surface area contributed by atoms with Crippen LogP contribution in [-0.2, 0) is 12.8 Å². The molecule has 2 aromatic heterocycles. The number of amides is 2. The van der Waals surface area contributed by atoms with Gasteiger partial charge in [-0.05, 0) is 43.7 Å². The Morgan fingerprint density at radius 2 is 2.23 bits per heavy atom. The second-order valence-corrected chi connectivity index (χ2v) is 6.87. The number of carbonyl (C=O) groups excluding carboxylic acids is 2. The first kappa shape index (κ1) is 14.8. The van der Waals surface area contributed by atoms with E-state index in [9.17, 15) is 9.59 Å². The summed E-state index contributed by atoms with van der Waals surface area (Å²) in [5.41, 5.74) is 7.49. The molecule has 2 amide bonds. The first-order valence-corrected chi connectivity index (χ1v) is 8.08. The average Bonchev–Trinajstić information content (AvgIpc) is 3.01. The van der Waals surface area contributed by atoms with Crippen LogP contribution >= 0.6 is 11.3 Å². The number of hydrogen-bond donors (Lipinski definition) is 2. The van der Waals surface area contributed by atoms with E-state index in [1.807, 2.05) is 0 Å². The number of primary amides is 1. The van der Waals surface area contributed by atoms with E-state index in [2.05, 4.69) is 12.2 Å². The molecule has 1 atom stereocenters. The van der Waals surface area contributed by atoms with Gasteiger partial charge in [0.05, 0.1) is 17.4 Å². The fourth-order valence-corrected chi connectivity index (χ4v) is 4.30. The van der Waals surface area contributed by atoms with Gasteiger partial charge >= 0.3 is 0 Å². The first-order chi connectivity index (χ1) is 10.5. The van der Waals surface area contributed by atoms with E-state index in [-0.39, 0.29) is 5.91 Å². The van der Waals surface area contributed by atoms with Gasteiger partial charge in [0.1, 0.15) is 10.8 Å². The van der Waals surface area contributed by atoms with Gasteiger partial charge in [-0.15, -0.1) is 11.3 Å². The summed E-state index contributed by atoms with van der Waals surface area (Å²) in [5.74, 6) is 0.381. The van der Waals surface area contributed by atoms with Gasteiger partial charge in [0, 0.05) is 4.88 Å². The fraction of sp³-hybridized carbons (Fsp3) is 0.375. The number of thiophene rings is 1. The maximum absolute atomic E-state index is 12.3. The van der Waals surface area contributed by atoms with E-state index >= 15 is 0 Å². The zero-order valence-electron chi connectivity index (χ0n) is 12.6. The Bertz CT molecular complexity index is 745. The molecular weight excluding hydrogens is 300 g/mol. The maximum Gasteiger partial charge on any atom is 0.259 e. The molecule has 0 bridgehead atoms. The van der Waals surface area contributed by atoms with Crippen LogP contribution in [0.3, 0.4) is 0 Å². The van der Waals surface area contributed by atoms with E-state index < -0.39 is 5.91 Å². The Labute approximate surface area is 132 Å². The summed E-state index contributed by atoms with van der Waals surface area (Å²) in [6, 6.07) is 1.62. The zero-order valence-corrected chi connectivity index (χ0v) is 13.4. The van der Waals surface area contributed by atoms with Crippen molar-refractivity contribution in [3.8, 4) is 0 Å². The monoisotopic (exact) mass is 318 g/mol. The highest BCUT2D eigenvalue weighted by Gasteiger charge is 2.27. The lowest BCUT2D eigenvalue weighted by molar-refractivity contribution is 0.1000. The summed E-state index contributed by atoms with van der Waals surface area (Å²) in [6.07, 6.45) is 4.28. The lowest BCUT2D eigenvalue weighted by Crippen LogP contribution is -2.19. The SMILES string of the molecule is Cc1occc1C(=O)Nc1sc2c(c1C(N)=O)CCC(C)C2. The third-order valence-electron chi connectivity index (χ3n) is 4.09. The average molecular weight is 318 g/mol. The van der Waals surface area contributed by atoms with Crippen LogP contribution in [0.2, 0.25) is 0 Å². The van der Waals surface area contributed by atoms with E-state index in [1.54, 1.807) is 13.0 Å². The van der Waals surface area contributed by atoms with Crippen LogP contribution in [0.15, 0.2) is 16.7 Å². The van der Waals surface area contributed by atoms with Crippen LogP contribution in [-0.4, -0.2) is 11.8 Å². The number of nitrogens with one attached hydrogen (secondary N) is 1. The van der Waals surface area contributed by atoms with Crippen LogP contribution in [0, 0.1) is 12.8 Å². The standard InChI is InChI=1S/C16H18N2O3S/c1-8-3-4-11-12(7-8)22-16(13(11)14(17)19)18-15(20)10-5-6-21-9(10)2/h5-6,8H,3-4,7H2,1-2H3,(H2,17,19)(H,18,20). The topological polar surface area (TPSA) is 85.3 Å². The van der Waals surface area contributed by atoms with Gasteiger partial charge in [0.15, 0.2) is 0 Å². The molecule has 2 aromatic rings. The lowest BCUT2D eigenvalue weighted by atomic mass is 9.88. The molecule has 0 aromatic carbocycles. The second-order valence-electron chi connectivity index (χ2n) is 5.76. The van der Waals surface area contributed by atoms with Crippen molar-refractivity contribution in [1.82, 2.24) is 0 Å². The fourth-order valence-electron chi connectivity index (χ4n) is 2.89. The molecule has 1 aliphatic carbocycles. The smallest absolute Gasteiger partial charge is 0.259 e. The predicted molar refractivity (Wildman–Crippen MR) is 85.4 cm³/mol. The molecule has 0 radical (unpaired) electrons. The van der Waals surface area contributed by atoms with Gasteiger partial charge in [-0.2, -0.15) is 0 Å². The van der Waals surface area contributed by atoms with Crippen molar-refractivity contribution in [3.63, 3.8) is 0 Å². The second kappa shape index (κ2) is 5.61. The Hall–Kier alpha value is -2.08. The molecule has 1 aliphatic rings. The van der Waals surface area contributed by atoms with Crippen LogP contribution in [0.25, 0.3) is 0 Å². The summed E-state index contributed by atoms with van der Waals surface area (Å²) in [6.45, 7) is 3.92. The van der Waals surface area contributed by atoms with E-state index in [0.717, 1.165) is 29.7 Å². The Balaban J connectivity index is 1.95. The molecule has 3 rings (SSSR count). The van der Waals surface area contributed by atoms with Crippen molar-refractivity contribution in [1.29, 1.82) is 0 Å². The Morgan fingerprint density at radius 3 is 2.86 bits per heavy atom. The summed E-state index contributed by atoms with van der Waals surface area (Å²) < 4.78 is 5.15. The minimum absolute atomic E-state index is 0.277.